The zero-order chi connectivity index (χ0) is 13.9. The highest BCUT2D eigenvalue weighted by Gasteiger charge is 2.16. The van der Waals surface area contributed by atoms with Crippen molar-refractivity contribution in [1.29, 1.82) is 0 Å². The minimum atomic E-state index is -4.29. The van der Waals surface area contributed by atoms with Gasteiger partial charge < -0.3 is 16.0 Å². The number of anilines is 1. The van der Waals surface area contributed by atoms with E-state index in [0.717, 1.165) is 0 Å². The van der Waals surface area contributed by atoms with Gasteiger partial charge in [-0.3, -0.25) is 4.55 Å². The van der Waals surface area contributed by atoms with Gasteiger partial charge in [-0.2, -0.15) is 8.42 Å². The van der Waals surface area contributed by atoms with Gasteiger partial charge in [0.2, 0.25) is 0 Å². The van der Waals surface area contributed by atoms with Crippen LogP contribution in [0, 0.1) is 0 Å². The summed E-state index contributed by atoms with van der Waals surface area (Å²) in [5.41, 5.74) is 6.21. The molecule has 0 aliphatic heterocycles. The maximum atomic E-state index is 11.3. The third-order valence-corrected chi connectivity index (χ3v) is 3.14. The first-order chi connectivity index (χ1) is 8.20. The predicted molar refractivity (Wildman–Crippen MR) is 74.1 cm³/mol. The van der Waals surface area contributed by atoms with Crippen molar-refractivity contribution in [3.63, 3.8) is 0 Å². The molecule has 0 atom stereocenters. The Morgan fingerprint density at radius 1 is 1.50 bits per heavy atom. The van der Waals surface area contributed by atoms with E-state index in [9.17, 15) is 13.0 Å². The quantitative estimate of drug-likeness (QED) is 0.553. The van der Waals surface area contributed by atoms with Gasteiger partial charge in [-0.15, -0.1) is 0 Å². The van der Waals surface area contributed by atoms with Crippen LogP contribution < -0.4 is 11.1 Å². The molecule has 6 nitrogen and oxygen atoms in total. The summed E-state index contributed by atoms with van der Waals surface area (Å²) in [6, 6.07) is 4.55. The van der Waals surface area contributed by atoms with Gasteiger partial charge >= 0.3 is 0 Å². The number of hydrogen-bond acceptors (Lipinski definition) is 4. The highest BCUT2D eigenvalue weighted by molar-refractivity contribution is 7.85. The third kappa shape index (κ3) is 4.22. The van der Waals surface area contributed by atoms with Gasteiger partial charge in [0.15, 0.2) is 5.11 Å². The molecule has 0 aliphatic rings. The van der Waals surface area contributed by atoms with Crippen LogP contribution in [0.3, 0.4) is 0 Å². The first kappa shape index (κ1) is 14.8. The molecule has 0 spiro atoms. The second-order valence-electron chi connectivity index (χ2n) is 4.02. The molecule has 100 valence electrons. The Morgan fingerprint density at radius 3 is 2.56 bits per heavy atom. The Labute approximate surface area is 112 Å². The van der Waals surface area contributed by atoms with Crippen molar-refractivity contribution in [2.45, 2.75) is 11.4 Å². The van der Waals surface area contributed by atoms with Crippen LogP contribution in [0.25, 0.3) is 0 Å². The summed E-state index contributed by atoms with van der Waals surface area (Å²) in [7, 11) is -0.687. The third-order valence-electron chi connectivity index (χ3n) is 2.10. The lowest BCUT2D eigenvalue weighted by molar-refractivity contribution is 0.397. The van der Waals surface area contributed by atoms with Gasteiger partial charge in [-0.1, -0.05) is 6.07 Å². The van der Waals surface area contributed by atoms with Crippen molar-refractivity contribution >= 4 is 33.1 Å². The molecular weight excluding hydrogens is 274 g/mol. The fraction of sp³-hybridized carbons (Fsp3) is 0.300. The Hall–Kier alpha value is -1.22. The summed E-state index contributed by atoms with van der Waals surface area (Å²) in [4.78, 5) is 1.64. The zero-order valence-electron chi connectivity index (χ0n) is 10.0. The van der Waals surface area contributed by atoms with Gasteiger partial charge in [0, 0.05) is 12.2 Å². The van der Waals surface area contributed by atoms with E-state index in [-0.39, 0.29) is 10.0 Å². The van der Waals surface area contributed by atoms with E-state index in [4.69, 9.17) is 5.73 Å². The molecule has 0 saturated heterocycles. The number of rotatable bonds is 4. The molecular formula is C10H15N3O3S2. The highest BCUT2D eigenvalue weighted by atomic mass is 32.2. The number of nitrogens with two attached hydrogens (primary N) is 1. The summed E-state index contributed by atoms with van der Waals surface area (Å²) in [6.45, 7) is 0.391. The lowest BCUT2D eigenvalue weighted by atomic mass is 10.2. The molecule has 1 aromatic rings. The minimum Gasteiger partial charge on any atom is -0.376 e. The van der Waals surface area contributed by atoms with Crippen molar-refractivity contribution in [3.05, 3.63) is 23.8 Å². The Morgan fingerprint density at radius 2 is 2.11 bits per heavy atom. The first-order valence-electron chi connectivity index (χ1n) is 5.02. The molecule has 1 aromatic carbocycles. The van der Waals surface area contributed by atoms with Gasteiger partial charge in [-0.05, 0) is 44.0 Å². The molecule has 0 unspecified atom stereocenters. The van der Waals surface area contributed by atoms with Crippen molar-refractivity contribution < 1.29 is 13.0 Å². The van der Waals surface area contributed by atoms with E-state index < -0.39 is 10.1 Å². The fourth-order valence-corrected chi connectivity index (χ4v) is 2.34. The SMILES string of the molecule is CN(C)Cc1ccc(NC(N)=S)cc1S(=O)(=O)O. The van der Waals surface area contributed by atoms with Crippen LogP contribution in [0.15, 0.2) is 23.1 Å². The summed E-state index contributed by atoms with van der Waals surface area (Å²) in [5, 5.41) is 2.64. The second-order valence-corrected chi connectivity index (χ2v) is 5.85. The summed E-state index contributed by atoms with van der Waals surface area (Å²) < 4.78 is 31.8. The second kappa shape index (κ2) is 5.61. The largest absolute Gasteiger partial charge is 0.376 e. The van der Waals surface area contributed by atoms with Gasteiger partial charge in [0.1, 0.15) is 4.90 Å². The van der Waals surface area contributed by atoms with Crippen LogP contribution in [0.5, 0.6) is 0 Å². The lowest BCUT2D eigenvalue weighted by Crippen LogP contribution is -2.20. The smallest absolute Gasteiger partial charge is 0.294 e. The number of nitrogens with zero attached hydrogens (tertiary/aromatic N) is 1. The van der Waals surface area contributed by atoms with Crippen LogP contribution >= 0.6 is 12.2 Å². The monoisotopic (exact) mass is 289 g/mol. The number of nitrogens with one attached hydrogen (secondary N) is 1. The van der Waals surface area contributed by atoms with Crippen molar-refractivity contribution in [3.8, 4) is 0 Å². The van der Waals surface area contributed by atoms with E-state index in [1.165, 1.54) is 6.07 Å². The van der Waals surface area contributed by atoms with E-state index in [2.05, 4.69) is 17.5 Å². The normalized spacial score (nSPS) is 11.6. The molecule has 0 amide bonds. The molecule has 0 saturated carbocycles. The van der Waals surface area contributed by atoms with Crippen LogP contribution in [-0.4, -0.2) is 37.1 Å². The average Bonchev–Trinajstić information content (AvgIpc) is 2.17. The summed E-state index contributed by atoms with van der Waals surface area (Å²) >= 11 is 4.66. The molecule has 0 bridgehead atoms. The average molecular weight is 289 g/mol. The highest BCUT2D eigenvalue weighted by Crippen LogP contribution is 2.21. The van der Waals surface area contributed by atoms with E-state index >= 15 is 0 Å². The maximum absolute atomic E-state index is 11.3. The fourth-order valence-electron chi connectivity index (χ4n) is 1.49. The van der Waals surface area contributed by atoms with E-state index in [1.807, 2.05) is 0 Å². The number of hydrogen-bond donors (Lipinski definition) is 3. The van der Waals surface area contributed by atoms with Crippen molar-refractivity contribution in [2.24, 2.45) is 5.73 Å². The Kier molecular flexibility index (Phi) is 4.63. The molecule has 0 aromatic heterocycles. The maximum Gasteiger partial charge on any atom is 0.294 e. The van der Waals surface area contributed by atoms with Crippen molar-refractivity contribution in [1.82, 2.24) is 4.90 Å². The molecule has 1 rings (SSSR count). The van der Waals surface area contributed by atoms with E-state index in [0.29, 0.717) is 17.8 Å². The van der Waals surface area contributed by atoms with Crippen LogP contribution in [0.4, 0.5) is 5.69 Å². The van der Waals surface area contributed by atoms with Gasteiger partial charge in [-0.25, -0.2) is 0 Å². The predicted octanol–water partition coefficient (Wildman–Crippen LogP) is 0.650. The van der Waals surface area contributed by atoms with Gasteiger partial charge in [0.25, 0.3) is 10.1 Å². The van der Waals surface area contributed by atoms with Crippen LogP contribution in [0.2, 0.25) is 0 Å². The Balaban J connectivity index is 3.25. The van der Waals surface area contributed by atoms with Crippen LogP contribution in [-0.2, 0) is 16.7 Å². The Bertz CT molecular complexity index is 555. The molecule has 0 radical (unpaired) electrons. The molecule has 8 heteroatoms. The molecule has 0 aliphatic carbocycles. The molecule has 18 heavy (non-hydrogen) atoms. The van der Waals surface area contributed by atoms with Crippen molar-refractivity contribution in [2.75, 3.05) is 19.4 Å². The number of benzene rings is 1. The number of thiocarbonyl (C=S) groups is 1. The molecule has 0 heterocycles. The minimum absolute atomic E-state index is 0.0247. The van der Waals surface area contributed by atoms with E-state index in [1.54, 1.807) is 31.1 Å². The summed E-state index contributed by atoms with van der Waals surface area (Å²) in [5.74, 6) is 0. The standard InChI is InChI=1S/C10H15N3O3S2/c1-13(2)6-7-3-4-8(12-10(11)17)5-9(7)18(14,15)16/h3-5H,6H2,1-2H3,(H3,11,12,17)(H,14,15,16). The first-order valence-corrected chi connectivity index (χ1v) is 6.86. The molecule has 0 fully saturated rings. The van der Waals surface area contributed by atoms with Crippen LogP contribution in [0.1, 0.15) is 5.56 Å². The summed E-state index contributed by atoms with van der Waals surface area (Å²) in [6.07, 6.45) is 0. The van der Waals surface area contributed by atoms with Gasteiger partial charge in [0.05, 0.1) is 0 Å². The topological polar surface area (TPSA) is 95.7 Å². The lowest BCUT2D eigenvalue weighted by Gasteiger charge is -2.14. The zero-order valence-corrected chi connectivity index (χ0v) is 11.7. The molecule has 4 N–H and O–H groups in total.